The Labute approximate surface area is 97.6 Å². The van der Waals surface area contributed by atoms with Gasteiger partial charge in [0.2, 0.25) is 0 Å². The van der Waals surface area contributed by atoms with Crippen molar-refractivity contribution in [3.05, 3.63) is 17.2 Å². The molecule has 2 atom stereocenters. The summed E-state index contributed by atoms with van der Waals surface area (Å²) >= 11 is 0. The molecule has 0 amide bonds. The average molecular weight is 222 g/mol. The van der Waals surface area contributed by atoms with Crippen LogP contribution in [0.4, 0.5) is 0 Å². The summed E-state index contributed by atoms with van der Waals surface area (Å²) in [6.45, 7) is 8.66. The first-order valence-corrected chi connectivity index (χ1v) is 6.08. The van der Waals surface area contributed by atoms with Crippen molar-refractivity contribution in [2.45, 2.75) is 52.1 Å². The maximum atomic E-state index is 5.47. The Kier molecular flexibility index (Phi) is 2.82. The van der Waals surface area contributed by atoms with E-state index < -0.39 is 0 Å². The summed E-state index contributed by atoms with van der Waals surface area (Å²) in [5.74, 6) is 2.28. The molecule has 1 N–H and O–H groups in total. The molecule has 90 valence electrons. The lowest BCUT2D eigenvalue weighted by molar-refractivity contribution is 0.0120. The summed E-state index contributed by atoms with van der Waals surface area (Å²) in [5, 5.41) is 0. The lowest BCUT2D eigenvalue weighted by Gasteiger charge is -2.22. The second-order valence-electron chi connectivity index (χ2n) is 5.61. The minimum atomic E-state index is -0.319. The van der Waals surface area contributed by atoms with Crippen molar-refractivity contribution in [2.24, 2.45) is 5.92 Å². The van der Waals surface area contributed by atoms with Gasteiger partial charge in [0.05, 0.1) is 5.69 Å². The topological polar surface area (TPSA) is 37.9 Å². The molecule has 1 aromatic heterocycles. The van der Waals surface area contributed by atoms with Crippen molar-refractivity contribution in [3.63, 3.8) is 0 Å². The molecule has 16 heavy (non-hydrogen) atoms. The number of aromatic amines is 1. The first kappa shape index (κ1) is 11.6. The number of hydrogen-bond acceptors (Lipinski definition) is 2. The highest BCUT2D eigenvalue weighted by molar-refractivity contribution is 5.24. The van der Waals surface area contributed by atoms with Gasteiger partial charge in [-0.3, -0.25) is 0 Å². The van der Waals surface area contributed by atoms with Crippen LogP contribution in [-0.2, 0) is 16.8 Å². The minimum Gasteiger partial charge on any atom is -0.371 e. The van der Waals surface area contributed by atoms with Crippen LogP contribution in [0.2, 0.25) is 0 Å². The molecule has 0 bridgehead atoms. The van der Waals surface area contributed by atoms with Gasteiger partial charge in [-0.15, -0.1) is 0 Å². The van der Waals surface area contributed by atoms with Crippen LogP contribution in [0, 0.1) is 5.92 Å². The predicted octanol–water partition coefficient (Wildman–Crippen LogP) is 2.98. The van der Waals surface area contributed by atoms with E-state index >= 15 is 0 Å². The number of fused-ring (bicyclic) bond motifs is 1. The fraction of sp³-hybridized carbons (Fsp3) is 0.769. The third kappa shape index (κ3) is 1.88. The third-order valence-electron chi connectivity index (χ3n) is 3.67. The molecule has 0 aromatic carbocycles. The van der Waals surface area contributed by atoms with Gasteiger partial charge in [-0.1, -0.05) is 13.8 Å². The number of imidazole rings is 1. The molecular weight excluding hydrogens is 200 g/mol. The van der Waals surface area contributed by atoms with Gasteiger partial charge in [-0.25, -0.2) is 4.98 Å². The number of methoxy groups -OCH3 is 1. The maximum absolute atomic E-state index is 5.47. The molecule has 3 nitrogen and oxygen atoms in total. The van der Waals surface area contributed by atoms with Crippen molar-refractivity contribution in [3.8, 4) is 0 Å². The number of nitrogens with one attached hydrogen (secondary N) is 1. The summed E-state index contributed by atoms with van der Waals surface area (Å²) < 4.78 is 5.47. The highest BCUT2D eigenvalue weighted by Gasteiger charge is 2.30. The quantitative estimate of drug-likeness (QED) is 0.835. The number of nitrogens with zero attached hydrogens (tertiary/aromatic N) is 1. The molecule has 2 unspecified atom stereocenters. The number of ether oxygens (including phenoxy) is 1. The van der Waals surface area contributed by atoms with E-state index in [1.54, 1.807) is 7.11 Å². The summed E-state index contributed by atoms with van der Waals surface area (Å²) in [6.07, 6.45) is 2.36. The minimum absolute atomic E-state index is 0.319. The van der Waals surface area contributed by atoms with Gasteiger partial charge < -0.3 is 9.72 Å². The Morgan fingerprint density at radius 1 is 1.38 bits per heavy atom. The molecular formula is C13H22N2O. The molecule has 0 spiro atoms. The van der Waals surface area contributed by atoms with Gasteiger partial charge in [0.1, 0.15) is 11.4 Å². The van der Waals surface area contributed by atoms with Gasteiger partial charge >= 0.3 is 0 Å². The zero-order chi connectivity index (χ0) is 11.9. The molecule has 2 rings (SSSR count). The highest BCUT2D eigenvalue weighted by Crippen LogP contribution is 2.34. The summed E-state index contributed by atoms with van der Waals surface area (Å²) in [4.78, 5) is 8.18. The smallest absolute Gasteiger partial charge is 0.138 e. The van der Waals surface area contributed by atoms with Crippen LogP contribution in [0.15, 0.2) is 0 Å². The van der Waals surface area contributed by atoms with E-state index in [0.717, 1.165) is 18.2 Å². The Bertz CT molecular complexity index is 381. The lowest BCUT2D eigenvalue weighted by Crippen LogP contribution is -2.21. The van der Waals surface area contributed by atoms with Gasteiger partial charge in [-0.05, 0) is 32.6 Å². The second kappa shape index (κ2) is 3.88. The fourth-order valence-corrected chi connectivity index (χ4v) is 2.51. The molecule has 1 aliphatic rings. The van der Waals surface area contributed by atoms with Crippen molar-refractivity contribution in [1.82, 2.24) is 9.97 Å². The van der Waals surface area contributed by atoms with E-state index in [-0.39, 0.29) is 5.60 Å². The van der Waals surface area contributed by atoms with E-state index in [1.165, 1.54) is 17.8 Å². The van der Waals surface area contributed by atoms with Crippen molar-refractivity contribution in [2.75, 3.05) is 7.11 Å². The number of H-pyrrole nitrogens is 1. The average Bonchev–Trinajstić information content (AvgIpc) is 2.62. The lowest BCUT2D eigenvalue weighted by atomic mass is 9.84. The largest absolute Gasteiger partial charge is 0.371 e. The van der Waals surface area contributed by atoms with E-state index in [0.29, 0.717) is 5.92 Å². The van der Waals surface area contributed by atoms with Crippen LogP contribution in [0.3, 0.4) is 0 Å². The van der Waals surface area contributed by atoms with E-state index in [9.17, 15) is 0 Å². The third-order valence-corrected chi connectivity index (χ3v) is 3.67. The van der Waals surface area contributed by atoms with Crippen molar-refractivity contribution < 1.29 is 4.74 Å². The molecule has 0 radical (unpaired) electrons. The fourth-order valence-electron chi connectivity index (χ4n) is 2.51. The van der Waals surface area contributed by atoms with Gasteiger partial charge in [-0.2, -0.15) is 0 Å². The monoisotopic (exact) mass is 222 g/mol. The summed E-state index contributed by atoms with van der Waals surface area (Å²) in [7, 11) is 1.73. The molecule has 1 aromatic rings. The number of hydrogen-bond donors (Lipinski definition) is 1. The van der Waals surface area contributed by atoms with Crippen LogP contribution in [-0.4, -0.2) is 17.1 Å². The van der Waals surface area contributed by atoms with E-state index in [4.69, 9.17) is 9.72 Å². The standard InChI is InChI=1S/C13H22N2O/c1-8-6-9(2)11-10(7-8)14-12(15-11)13(3,4)16-5/h8-9H,6-7H2,1-5H3,(H,14,15). The van der Waals surface area contributed by atoms with Crippen LogP contribution < -0.4 is 0 Å². The Balaban J connectivity index is 2.37. The van der Waals surface area contributed by atoms with Gasteiger partial charge in [0, 0.05) is 18.7 Å². The van der Waals surface area contributed by atoms with E-state index in [1.807, 2.05) is 13.8 Å². The van der Waals surface area contributed by atoms with Crippen molar-refractivity contribution in [1.29, 1.82) is 0 Å². The first-order valence-electron chi connectivity index (χ1n) is 6.08. The van der Waals surface area contributed by atoms with Crippen LogP contribution in [0.1, 0.15) is 57.2 Å². The van der Waals surface area contributed by atoms with Crippen molar-refractivity contribution >= 4 is 0 Å². The summed E-state index contributed by atoms with van der Waals surface area (Å²) in [6, 6.07) is 0. The van der Waals surface area contributed by atoms with Crippen LogP contribution >= 0.6 is 0 Å². The molecule has 0 saturated heterocycles. The molecule has 0 aliphatic heterocycles. The number of aromatic nitrogens is 2. The second-order valence-corrected chi connectivity index (χ2v) is 5.61. The molecule has 1 aliphatic carbocycles. The zero-order valence-corrected chi connectivity index (χ0v) is 10.9. The normalized spacial score (nSPS) is 25.6. The SMILES string of the molecule is COC(C)(C)c1nc2c([nH]1)CC(C)CC2C. The van der Waals surface area contributed by atoms with Crippen LogP contribution in [0.25, 0.3) is 0 Å². The van der Waals surface area contributed by atoms with Gasteiger partial charge in [0.25, 0.3) is 0 Å². The first-order chi connectivity index (χ1) is 7.44. The Morgan fingerprint density at radius 2 is 2.06 bits per heavy atom. The van der Waals surface area contributed by atoms with Gasteiger partial charge in [0.15, 0.2) is 0 Å². The Hall–Kier alpha value is -0.830. The molecule has 0 fully saturated rings. The zero-order valence-electron chi connectivity index (χ0n) is 10.9. The predicted molar refractivity (Wildman–Crippen MR) is 64.5 cm³/mol. The maximum Gasteiger partial charge on any atom is 0.138 e. The van der Waals surface area contributed by atoms with E-state index in [2.05, 4.69) is 18.8 Å². The molecule has 0 saturated carbocycles. The van der Waals surface area contributed by atoms with Crippen LogP contribution in [0.5, 0.6) is 0 Å². The highest BCUT2D eigenvalue weighted by atomic mass is 16.5. The molecule has 1 heterocycles. The number of rotatable bonds is 2. The summed E-state index contributed by atoms with van der Waals surface area (Å²) in [5.41, 5.74) is 2.24. The molecule has 3 heteroatoms. The Morgan fingerprint density at radius 3 is 2.69 bits per heavy atom.